The number of halogens is 1. The molecule has 2 heterocycles. The third-order valence-electron chi connectivity index (χ3n) is 4.23. The van der Waals surface area contributed by atoms with E-state index in [1.807, 2.05) is 17.1 Å². The first-order valence-electron chi connectivity index (χ1n) is 8.98. The van der Waals surface area contributed by atoms with E-state index in [-0.39, 0.29) is 11.6 Å². The molecule has 1 fully saturated rings. The van der Waals surface area contributed by atoms with E-state index in [1.54, 1.807) is 19.2 Å². The molecule has 0 atom stereocenters. The van der Waals surface area contributed by atoms with E-state index in [9.17, 15) is 4.79 Å². The minimum absolute atomic E-state index is 0.240. The molecule has 8 heteroatoms. The Labute approximate surface area is 163 Å². The van der Waals surface area contributed by atoms with Crippen molar-refractivity contribution in [2.24, 2.45) is 0 Å². The van der Waals surface area contributed by atoms with E-state index in [0.717, 1.165) is 31.5 Å². The molecule has 1 aliphatic rings. The molecule has 0 unspecified atom stereocenters. The van der Waals surface area contributed by atoms with Gasteiger partial charge in [0.2, 0.25) is 5.88 Å². The summed E-state index contributed by atoms with van der Waals surface area (Å²) in [7, 11) is 1.60. The van der Waals surface area contributed by atoms with Crippen LogP contribution in [0, 0.1) is 0 Å². The largest absolute Gasteiger partial charge is 0.474 e. The first-order chi connectivity index (χ1) is 13.2. The highest BCUT2D eigenvalue weighted by atomic mass is 35.5. The van der Waals surface area contributed by atoms with Gasteiger partial charge in [0, 0.05) is 30.8 Å². The minimum atomic E-state index is -0.275. The zero-order valence-electron chi connectivity index (χ0n) is 15.3. The van der Waals surface area contributed by atoms with Crippen molar-refractivity contribution in [3.8, 4) is 17.1 Å². The molecule has 27 heavy (non-hydrogen) atoms. The summed E-state index contributed by atoms with van der Waals surface area (Å²) in [6.07, 6.45) is 4.78. The number of nitrogens with zero attached hydrogens (tertiary/aromatic N) is 3. The third kappa shape index (κ3) is 5.38. The fourth-order valence-electron chi connectivity index (χ4n) is 2.82. The summed E-state index contributed by atoms with van der Waals surface area (Å²) in [5, 5.41) is 2.55. The molecule has 0 saturated carbocycles. The molecule has 1 N–H and O–H groups in total. The van der Waals surface area contributed by atoms with E-state index in [1.165, 1.54) is 12.6 Å². The van der Waals surface area contributed by atoms with E-state index in [4.69, 9.17) is 21.1 Å². The van der Waals surface area contributed by atoms with Gasteiger partial charge >= 0.3 is 0 Å². The molecule has 0 radical (unpaired) electrons. The number of nitrogens with one attached hydrogen (secondary N) is 1. The zero-order chi connectivity index (χ0) is 19.1. The lowest BCUT2D eigenvalue weighted by molar-refractivity contribution is 0.0744. The minimum Gasteiger partial charge on any atom is -0.474 e. The topological polar surface area (TPSA) is 76.6 Å². The number of benzene rings is 1. The number of hydrogen-bond donors (Lipinski definition) is 1. The van der Waals surface area contributed by atoms with Gasteiger partial charge in [-0.25, -0.2) is 15.0 Å². The lowest BCUT2D eigenvalue weighted by Crippen LogP contribution is -2.45. The maximum absolute atomic E-state index is 12.6. The summed E-state index contributed by atoms with van der Waals surface area (Å²) in [5.41, 5.74) is 4.41. The van der Waals surface area contributed by atoms with Crippen molar-refractivity contribution >= 4 is 17.5 Å². The second-order valence-electron chi connectivity index (χ2n) is 6.25. The Morgan fingerprint density at radius 3 is 2.63 bits per heavy atom. The number of amides is 1. The molecule has 3 rings (SSSR count). The highest BCUT2D eigenvalue weighted by Crippen LogP contribution is 2.27. The van der Waals surface area contributed by atoms with Gasteiger partial charge in [-0.2, -0.15) is 0 Å². The molecule has 0 aliphatic carbocycles. The van der Waals surface area contributed by atoms with Crippen LogP contribution in [-0.2, 0) is 4.74 Å². The van der Waals surface area contributed by atoms with Crippen LogP contribution in [0.4, 0.5) is 0 Å². The van der Waals surface area contributed by atoms with Crippen LogP contribution >= 0.6 is 11.6 Å². The highest BCUT2D eigenvalue weighted by Gasteiger charge is 2.18. The number of hydrazine groups is 1. The van der Waals surface area contributed by atoms with Gasteiger partial charge in [0.05, 0.1) is 12.8 Å². The van der Waals surface area contributed by atoms with Gasteiger partial charge < -0.3 is 9.47 Å². The van der Waals surface area contributed by atoms with Crippen molar-refractivity contribution in [3.63, 3.8) is 0 Å². The van der Waals surface area contributed by atoms with Crippen molar-refractivity contribution in [2.75, 3.05) is 33.4 Å². The van der Waals surface area contributed by atoms with E-state index >= 15 is 0 Å². The molecule has 1 aliphatic heterocycles. The van der Waals surface area contributed by atoms with Crippen molar-refractivity contribution in [2.45, 2.75) is 19.3 Å². The van der Waals surface area contributed by atoms with Crippen LogP contribution in [0.2, 0.25) is 5.02 Å². The van der Waals surface area contributed by atoms with Crippen molar-refractivity contribution < 1.29 is 14.3 Å². The van der Waals surface area contributed by atoms with Crippen LogP contribution in [-0.4, -0.2) is 54.3 Å². The smallest absolute Gasteiger partial charge is 0.285 e. The highest BCUT2D eigenvalue weighted by molar-refractivity contribution is 6.30. The average molecular weight is 391 g/mol. The standard InChI is InChI=1S/C19H23ClN4O3/c1-26-11-12-27-19-17(14-5-7-15(20)8-6-14)22-16(13-21-19)18(25)23-24-9-3-2-4-10-24/h5-8,13H,2-4,9-12H2,1H3,(H,23,25). The quantitative estimate of drug-likeness (QED) is 0.732. The summed E-state index contributed by atoms with van der Waals surface area (Å²) in [4.78, 5) is 21.4. The molecule has 0 spiro atoms. The van der Waals surface area contributed by atoms with Gasteiger partial charge in [0.1, 0.15) is 18.0 Å². The van der Waals surface area contributed by atoms with Crippen LogP contribution in [0.1, 0.15) is 29.8 Å². The Hall–Kier alpha value is -2.22. The molecule has 144 valence electrons. The van der Waals surface area contributed by atoms with Crippen LogP contribution in [0.25, 0.3) is 11.3 Å². The molecule has 1 aromatic carbocycles. The van der Waals surface area contributed by atoms with Gasteiger partial charge in [0.15, 0.2) is 0 Å². The molecule has 1 aromatic heterocycles. The van der Waals surface area contributed by atoms with Gasteiger partial charge in [-0.1, -0.05) is 30.2 Å². The van der Waals surface area contributed by atoms with Crippen molar-refractivity contribution in [3.05, 3.63) is 41.2 Å². The zero-order valence-corrected chi connectivity index (χ0v) is 16.0. The SMILES string of the molecule is COCCOc1ncc(C(=O)NN2CCCCC2)nc1-c1ccc(Cl)cc1. The fraction of sp³-hybridized carbons (Fsp3) is 0.421. The molecular formula is C19H23ClN4O3. The fourth-order valence-corrected chi connectivity index (χ4v) is 2.94. The van der Waals surface area contributed by atoms with Crippen molar-refractivity contribution in [1.82, 2.24) is 20.4 Å². The Morgan fingerprint density at radius 1 is 1.19 bits per heavy atom. The number of rotatable bonds is 7. The lowest BCUT2D eigenvalue weighted by Gasteiger charge is -2.26. The molecule has 0 bridgehead atoms. The summed E-state index contributed by atoms with van der Waals surface area (Å²) in [5.74, 6) is 0.0759. The Kier molecular flexibility index (Phi) is 6.98. The van der Waals surface area contributed by atoms with E-state index in [0.29, 0.717) is 29.8 Å². The lowest BCUT2D eigenvalue weighted by atomic mass is 10.1. The van der Waals surface area contributed by atoms with Crippen LogP contribution in [0.5, 0.6) is 5.88 Å². The second kappa shape index (κ2) is 9.64. The summed E-state index contributed by atoms with van der Waals surface area (Å²) in [6.45, 7) is 2.47. The predicted molar refractivity (Wildman–Crippen MR) is 103 cm³/mol. The van der Waals surface area contributed by atoms with Gasteiger partial charge in [-0.05, 0) is 25.0 Å². The summed E-state index contributed by atoms with van der Waals surface area (Å²) < 4.78 is 10.7. The first kappa shape index (κ1) is 19.5. The van der Waals surface area contributed by atoms with Gasteiger partial charge in [-0.15, -0.1) is 0 Å². The Morgan fingerprint density at radius 2 is 1.93 bits per heavy atom. The van der Waals surface area contributed by atoms with E-state index in [2.05, 4.69) is 15.4 Å². The Bertz CT molecular complexity index is 764. The van der Waals surface area contributed by atoms with Crippen LogP contribution < -0.4 is 10.2 Å². The number of aromatic nitrogens is 2. The van der Waals surface area contributed by atoms with Crippen molar-refractivity contribution in [1.29, 1.82) is 0 Å². The number of ether oxygens (including phenoxy) is 2. The normalized spacial score (nSPS) is 14.7. The number of hydrogen-bond acceptors (Lipinski definition) is 6. The predicted octanol–water partition coefficient (Wildman–Crippen LogP) is 2.95. The maximum atomic E-state index is 12.6. The van der Waals surface area contributed by atoms with Crippen LogP contribution in [0.15, 0.2) is 30.5 Å². The summed E-state index contributed by atoms with van der Waals surface area (Å²) in [6, 6.07) is 7.17. The third-order valence-corrected chi connectivity index (χ3v) is 4.48. The number of carbonyl (C=O) groups excluding carboxylic acids is 1. The monoisotopic (exact) mass is 390 g/mol. The average Bonchev–Trinajstić information content (AvgIpc) is 2.70. The molecule has 1 amide bonds. The van der Waals surface area contributed by atoms with Crippen LogP contribution in [0.3, 0.4) is 0 Å². The molecule has 2 aromatic rings. The molecular weight excluding hydrogens is 368 g/mol. The maximum Gasteiger partial charge on any atom is 0.285 e. The summed E-state index contributed by atoms with van der Waals surface area (Å²) >= 11 is 5.98. The van der Waals surface area contributed by atoms with Gasteiger partial charge in [-0.3, -0.25) is 10.2 Å². The molecule has 7 nitrogen and oxygen atoms in total. The van der Waals surface area contributed by atoms with E-state index < -0.39 is 0 Å². The first-order valence-corrected chi connectivity index (χ1v) is 9.36. The number of methoxy groups -OCH3 is 1. The van der Waals surface area contributed by atoms with Gasteiger partial charge in [0.25, 0.3) is 5.91 Å². The Balaban J connectivity index is 1.83. The number of piperidine rings is 1. The molecule has 1 saturated heterocycles. The number of carbonyl (C=O) groups is 1. The second-order valence-corrected chi connectivity index (χ2v) is 6.68.